The predicted octanol–water partition coefficient (Wildman–Crippen LogP) is 3.72. The third-order valence-corrected chi connectivity index (χ3v) is 6.23. The van der Waals surface area contributed by atoms with Gasteiger partial charge in [-0.05, 0) is 22.0 Å². The highest BCUT2D eigenvalue weighted by Crippen LogP contribution is 2.36. The molecular weight excluding hydrogens is 403 g/mol. The van der Waals surface area contributed by atoms with E-state index < -0.39 is 30.9 Å². The molecule has 0 spiro atoms. The van der Waals surface area contributed by atoms with Gasteiger partial charge in [-0.15, -0.1) is 0 Å². The molecule has 2 aromatic rings. The number of nitrogens with zero attached hydrogens (tertiary/aromatic N) is 2. The van der Waals surface area contributed by atoms with E-state index >= 15 is 0 Å². The van der Waals surface area contributed by atoms with Gasteiger partial charge < -0.3 is 14.3 Å². The number of aromatic nitrogens is 1. The van der Waals surface area contributed by atoms with Crippen molar-refractivity contribution in [1.82, 2.24) is 4.98 Å². The molecule has 128 valence electrons. The second-order valence-electron chi connectivity index (χ2n) is 4.25. The number of Topliss-reactive ketones (excluding diaryl/α,β-unsaturated/α-hetero) is 1. The molecule has 0 atom stereocenters. The van der Waals surface area contributed by atoms with E-state index in [9.17, 15) is 23.3 Å². The molecule has 8 nitrogen and oxygen atoms in total. The molecule has 0 bridgehead atoms. The van der Waals surface area contributed by atoms with Gasteiger partial charge in [-0.3, -0.25) is 4.79 Å². The number of rotatable bonds is 6. The quantitative estimate of drug-likeness (QED) is 0.308. The molecule has 0 amide bonds. The van der Waals surface area contributed by atoms with E-state index in [1.54, 1.807) is 0 Å². The summed E-state index contributed by atoms with van der Waals surface area (Å²) in [6.07, 6.45) is 0.0190. The minimum absolute atomic E-state index is 0.0190. The fourth-order valence-corrected chi connectivity index (χ4v) is 4.25. The third-order valence-electron chi connectivity index (χ3n) is 2.65. The molecule has 0 aliphatic rings. The first-order valence-electron chi connectivity index (χ1n) is 6.24. The Labute approximate surface area is 150 Å². The normalized spacial score (nSPS) is 11.3. The number of thiazole rings is 1. The Morgan fingerprint density at radius 2 is 2.08 bits per heavy atom. The Morgan fingerprint density at radius 3 is 2.67 bits per heavy atom. The van der Waals surface area contributed by atoms with Crippen molar-refractivity contribution in [1.29, 1.82) is 0 Å². The minimum Gasteiger partial charge on any atom is -0.377 e. The van der Waals surface area contributed by atoms with Crippen LogP contribution in [-0.4, -0.2) is 24.1 Å². The summed E-state index contributed by atoms with van der Waals surface area (Å²) in [5, 5.41) is 10.6. The summed E-state index contributed by atoms with van der Waals surface area (Å²) in [6, 6.07) is 4.04. The molecule has 0 saturated heterocycles. The summed E-state index contributed by atoms with van der Waals surface area (Å²) >= 11 is 12.0. The third kappa shape index (κ3) is 3.66. The fourth-order valence-electron chi connectivity index (χ4n) is 1.55. The molecule has 24 heavy (non-hydrogen) atoms. The van der Waals surface area contributed by atoms with E-state index in [4.69, 9.17) is 27.4 Å². The molecule has 0 fully saturated rings. The number of carbonyl (C=O) groups excluding carboxylic acids is 1. The van der Waals surface area contributed by atoms with Crippen LogP contribution in [0.4, 0.5) is 5.82 Å². The van der Waals surface area contributed by atoms with Gasteiger partial charge in [-0.2, -0.15) is 8.42 Å². The zero-order valence-corrected chi connectivity index (χ0v) is 15.0. The number of benzene rings is 1. The van der Waals surface area contributed by atoms with Crippen molar-refractivity contribution in [2.45, 2.75) is 17.6 Å². The Kier molecular flexibility index (Phi) is 5.43. The lowest BCUT2D eigenvalue weighted by Gasteiger charge is -2.07. The van der Waals surface area contributed by atoms with Crippen LogP contribution in [-0.2, 0) is 10.1 Å². The van der Waals surface area contributed by atoms with Gasteiger partial charge in [0, 0.05) is 6.42 Å². The molecule has 0 aliphatic heterocycles. The van der Waals surface area contributed by atoms with Crippen molar-refractivity contribution >= 4 is 56.3 Å². The molecule has 12 heteroatoms. The topological polar surface area (TPSA) is 116 Å². The van der Waals surface area contributed by atoms with Crippen molar-refractivity contribution in [2.24, 2.45) is 0 Å². The van der Waals surface area contributed by atoms with Gasteiger partial charge >= 0.3 is 15.9 Å². The van der Waals surface area contributed by atoms with Crippen LogP contribution in [0.2, 0.25) is 10.0 Å². The van der Waals surface area contributed by atoms with Crippen LogP contribution < -0.4 is 4.18 Å². The molecule has 1 heterocycles. The number of halogens is 2. The number of carbonyl (C=O) groups is 1. The maximum atomic E-state index is 12.3. The van der Waals surface area contributed by atoms with Crippen LogP contribution in [0.3, 0.4) is 0 Å². The fraction of sp³-hybridized carbons (Fsp3) is 0.167. The molecule has 0 saturated carbocycles. The molecule has 0 unspecified atom stereocenters. The van der Waals surface area contributed by atoms with E-state index in [-0.39, 0.29) is 27.2 Å². The summed E-state index contributed by atoms with van der Waals surface area (Å²) in [7, 11) is -4.63. The highest BCUT2D eigenvalue weighted by molar-refractivity contribution is 7.89. The lowest BCUT2D eigenvalue weighted by atomic mass is 10.3. The van der Waals surface area contributed by atoms with Crippen LogP contribution in [0.25, 0.3) is 0 Å². The average molecular weight is 411 g/mol. The first-order chi connectivity index (χ1) is 11.2. The summed E-state index contributed by atoms with van der Waals surface area (Å²) in [5.41, 5.74) is 0. The number of ketones is 1. The van der Waals surface area contributed by atoms with Crippen LogP contribution in [0.5, 0.6) is 5.75 Å². The molecular formula is C12H8Cl2N2O6S2. The standard InChI is InChI=1S/C12H8Cl2N2O6S2/c1-2-7(17)11-15-10(16(18)19)12(23-11)24(20,21)22-8-5-3-4-6(13)9(8)14/h3-5H,2H2,1H3. The Morgan fingerprint density at radius 1 is 1.42 bits per heavy atom. The van der Waals surface area contributed by atoms with Crippen molar-refractivity contribution in [3.63, 3.8) is 0 Å². The van der Waals surface area contributed by atoms with Gasteiger partial charge in [0.15, 0.2) is 5.75 Å². The molecule has 1 aromatic carbocycles. The zero-order chi connectivity index (χ0) is 18.1. The largest absolute Gasteiger partial charge is 0.398 e. The Bertz CT molecular complexity index is 926. The van der Waals surface area contributed by atoms with Crippen LogP contribution >= 0.6 is 34.5 Å². The van der Waals surface area contributed by atoms with Gasteiger partial charge in [0.25, 0.3) is 9.22 Å². The monoisotopic (exact) mass is 410 g/mol. The minimum atomic E-state index is -4.63. The smallest absolute Gasteiger partial charge is 0.377 e. The van der Waals surface area contributed by atoms with Gasteiger partial charge in [-0.25, -0.2) is 0 Å². The second-order valence-corrected chi connectivity index (χ2v) is 7.78. The van der Waals surface area contributed by atoms with Gasteiger partial charge in [0.05, 0.1) is 5.02 Å². The van der Waals surface area contributed by atoms with Gasteiger partial charge in [-0.1, -0.05) is 47.5 Å². The van der Waals surface area contributed by atoms with E-state index in [1.165, 1.54) is 25.1 Å². The lowest BCUT2D eigenvalue weighted by Crippen LogP contribution is -2.10. The highest BCUT2D eigenvalue weighted by atomic mass is 35.5. The zero-order valence-electron chi connectivity index (χ0n) is 11.9. The van der Waals surface area contributed by atoms with Gasteiger partial charge in [0.1, 0.15) is 5.02 Å². The van der Waals surface area contributed by atoms with E-state index in [2.05, 4.69) is 4.98 Å². The second kappa shape index (κ2) is 7.01. The van der Waals surface area contributed by atoms with Crippen LogP contribution in [0, 0.1) is 10.1 Å². The average Bonchev–Trinajstić information content (AvgIpc) is 2.97. The van der Waals surface area contributed by atoms with Crippen molar-refractivity contribution in [2.75, 3.05) is 0 Å². The maximum Gasteiger partial charge on any atom is 0.398 e. The lowest BCUT2D eigenvalue weighted by molar-refractivity contribution is -0.391. The highest BCUT2D eigenvalue weighted by Gasteiger charge is 2.36. The SMILES string of the molecule is CCC(=O)c1nc([N+](=O)[O-])c(S(=O)(=O)Oc2cccc(Cl)c2Cl)s1. The molecule has 0 aliphatic carbocycles. The summed E-state index contributed by atoms with van der Waals surface area (Å²) in [5.74, 6) is -1.80. The molecule has 0 radical (unpaired) electrons. The maximum absolute atomic E-state index is 12.3. The Balaban J connectivity index is 2.52. The van der Waals surface area contributed by atoms with E-state index in [1.807, 2.05) is 0 Å². The van der Waals surface area contributed by atoms with E-state index in [0.717, 1.165) is 0 Å². The number of nitro groups is 1. The Hall–Kier alpha value is -1.75. The van der Waals surface area contributed by atoms with Crippen LogP contribution in [0.1, 0.15) is 23.1 Å². The number of hydrogen-bond donors (Lipinski definition) is 0. The first-order valence-corrected chi connectivity index (χ1v) is 9.22. The molecule has 0 N–H and O–H groups in total. The number of hydrogen-bond acceptors (Lipinski definition) is 8. The van der Waals surface area contributed by atoms with Crippen molar-refractivity contribution < 1.29 is 22.3 Å². The van der Waals surface area contributed by atoms with E-state index in [0.29, 0.717) is 11.3 Å². The summed E-state index contributed by atoms with van der Waals surface area (Å²) in [4.78, 5) is 25.2. The first kappa shape index (κ1) is 18.6. The van der Waals surface area contributed by atoms with Crippen molar-refractivity contribution in [3.05, 3.63) is 43.4 Å². The summed E-state index contributed by atoms with van der Waals surface area (Å²) < 4.78 is 28.7. The molecule has 2 rings (SSSR count). The summed E-state index contributed by atoms with van der Waals surface area (Å²) in [6.45, 7) is 1.52. The van der Waals surface area contributed by atoms with Crippen molar-refractivity contribution in [3.8, 4) is 5.75 Å². The van der Waals surface area contributed by atoms with Crippen LogP contribution in [0.15, 0.2) is 22.4 Å². The van der Waals surface area contributed by atoms with Gasteiger partial charge in [0.2, 0.25) is 5.78 Å². The predicted molar refractivity (Wildman–Crippen MR) is 87.7 cm³/mol. The molecule has 1 aromatic heterocycles.